The van der Waals surface area contributed by atoms with Crippen LogP contribution >= 0.6 is 0 Å². The summed E-state index contributed by atoms with van der Waals surface area (Å²) in [5.41, 5.74) is -0.778. The van der Waals surface area contributed by atoms with Gasteiger partial charge in [0.05, 0.1) is 0 Å². The van der Waals surface area contributed by atoms with Crippen LogP contribution in [0.3, 0.4) is 0 Å². The number of likely N-dealkylation sites (tertiary alicyclic amines) is 1. The van der Waals surface area contributed by atoms with E-state index in [1.54, 1.807) is 11.8 Å². The number of hydrogen-bond donors (Lipinski definition) is 1. The molecule has 2 saturated heterocycles. The second-order valence-corrected chi connectivity index (χ2v) is 6.62. The number of hydrogen-bond acceptors (Lipinski definition) is 5. The highest BCUT2D eigenvalue weighted by molar-refractivity contribution is 5.92. The molecule has 2 amide bonds. The van der Waals surface area contributed by atoms with E-state index in [1.165, 1.54) is 12.1 Å². The summed E-state index contributed by atoms with van der Waals surface area (Å²) in [6.07, 6.45) is 2.09. The number of carbonyl (C=O) groups excluding carboxylic acids is 2. The molecule has 0 radical (unpaired) electrons. The van der Waals surface area contributed by atoms with Crippen molar-refractivity contribution in [3.63, 3.8) is 0 Å². The van der Waals surface area contributed by atoms with Gasteiger partial charge in [-0.3, -0.25) is 19.3 Å². The topological polar surface area (TPSA) is 82.9 Å². The highest BCUT2D eigenvalue weighted by Crippen LogP contribution is 2.30. The van der Waals surface area contributed by atoms with Crippen LogP contribution in [0.2, 0.25) is 0 Å². The Morgan fingerprint density at radius 1 is 1.21 bits per heavy atom. The molecule has 3 heterocycles. The van der Waals surface area contributed by atoms with E-state index in [1.807, 2.05) is 7.05 Å². The maximum Gasteiger partial charge on any atom is 0.289 e. The Hall–Kier alpha value is -2.15. The van der Waals surface area contributed by atoms with Gasteiger partial charge in [0.1, 0.15) is 11.3 Å². The van der Waals surface area contributed by atoms with Crippen LogP contribution in [0.15, 0.2) is 21.3 Å². The van der Waals surface area contributed by atoms with Crippen molar-refractivity contribution in [1.29, 1.82) is 0 Å². The number of rotatable bonds is 1. The highest BCUT2D eigenvalue weighted by atomic mass is 16.3. The SMILES string of the molecule is Cc1cc(=O)cc(C(=O)N2CCC3(CC2)C(=O)NCCCN3C)o1. The number of piperidine rings is 1. The van der Waals surface area contributed by atoms with Crippen molar-refractivity contribution in [2.24, 2.45) is 0 Å². The van der Waals surface area contributed by atoms with Crippen molar-refractivity contribution >= 4 is 11.8 Å². The average molecular weight is 333 g/mol. The lowest BCUT2D eigenvalue weighted by molar-refractivity contribution is -0.134. The van der Waals surface area contributed by atoms with E-state index in [2.05, 4.69) is 10.2 Å². The molecular formula is C17H23N3O4. The zero-order valence-corrected chi connectivity index (χ0v) is 14.1. The second kappa shape index (κ2) is 6.39. The molecule has 3 rings (SSSR count). The third kappa shape index (κ3) is 2.96. The van der Waals surface area contributed by atoms with E-state index in [0.717, 1.165) is 13.0 Å². The molecule has 1 aromatic heterocycles. The monoisotopic (exact) mass is 333 g/mol. The first-order chi connectivity index (χ1) is 11.4. The first-order valence-corrected chi connectivity index (χ1v) is 8.33. The molecule has 0 bridgehead atoms. The van der Waals surface area contributed by atoms with Crippen molar-refractivity contribution in [2.75, 3.05) is 33.2 Å². The van der Waals surface area contributed by atoms with Gasteiger partial charge in [-0.1, -0.05) is 0 Å². The number of nitrogens with one attached hydrogen (secondary N) is 1. The smallest absolute Gasteiger partial charge is 0.289 e. The van der Waals surface area contributed by atoms with Gasteiger partial charge in [-0.2, -0.15) is 0 Å². The first kappa shape index (κ1) is 16.7. The predicted octanol–water partition coefficient (Wildman–Crippen LogP) is 0.375. The summed E-state index contributed by atoms with van der Waals surface area (Å²) in [7, 11) is 1.97. The quantitative estimate of drug-likeness (QED) is 0.803. The molecule has 2 aliphatic rings. The Kier molecular flexibility index (Phi) is 4.45. The lowest BCUT2D eigenvalue weighted by Crippen LogP contribution is -2.61. The number of aryl methyl sites for hydroxylation is 1. The molecule has 0 aliphatic carbocycles. The Morgan fingerprint density at radius 3 is 2.58 bits per heavy atom. The maximum atomic E-state index is 12.6. The lowest BCUT2D eigenvalue weighted by atomic mass is 9.85. The van der Waals surface area contributed by atoms with E-state index < -0.39 is 5.54 Å². The van der Waals surface area contributed by atoms with Crippen molar-refractivity contribution in [1.82, 2.24) is 15.1 Å². The standard InChI is InChI=1S/C17H23N3O4/c1-12-10-13(21)11-14(24-12)15(22)20-8-4-17(5-9-20)16(23)18-6-3-7-19(17)2/h10-11H,3-9H2,1-2H3,(H,18,23). The predicted molar refractivity (Wildman–Crippen MR) is 87.8 cm³/mol. The molecule has 24 heavy (non-hydrogen) atoms. The summed E-state index contributed by atoms with van der Waals surface area (Å²) in [5.74, 6) is 0.246. The van der Waals surface area contributed by atoms with Crippen molar-refractivity contribution < 1.29 is 14.0 Å². The van der Waals surface area contributed by atoms with Gasteiger partial charge >= 0.3 is 0 Å². The van der Waals surface area contributed by atoms with Gasteiger partial charge in [-0.25, -0.2) is 0 Å². The van der Waals surface area contributed by atoms with Crippen LogP contribution in [0, 0.1) is 6.92 Å². The number of carbonyl (C=O) groups is 2. The third-order valence-corrected chi connectivity index (χ3v) is 5.09. The van der Waals surface area contributed by atoms with Crippen LogP contribution in [-0.4, -0.2) is 60.4 Å². The summed E-state index contributed by atoms with van der Waals surface area (Å²) in [5, 5.41) is 2.98. The summed E-state index contributed by atoms with van der Waals surface area (Å²) in [4.78, 5) is 40.5. The van der Waals surface area contributed by atoms with E-state index in [4.69, 9.17) is 4.42 Å². The molecule has 1 N–H and O–H groups in total. The molecule has 0 aromatic carbocycles. The van der Waals surface area contributed by atoms with Crippen LogP contribution in [0.25, 0.3) is 0 Å². The molecule has 2 aliphatic heterocycles. The second-order valence-electron chi connectivity index (χ2n) is 6.62. The maximum absolute atomic E-state index is 12.6. The molecular weight excluding hydrogens is 310 g/mol. The van der Waals surface area contributed by atoms with Crippen LogP contribution < -0.4 is 10.7 Å². The molecule has 0 unspecified atom stereocenters. The van der Waals surface area contributed by atoms with E-state index in [9.17, 15) is 14.4 Å². The van der Waals surface area contributed by atoms with E-state index >= 15 is 0 Å². The Bertz CT molecular complexity index is 704. The van der Waals surface area contributed by atoms with Crippen LogP contribution in [-0.2, 0) is 4.79 Å². The van der Waals surface area contributed by atoms with Crippen LogP contribution in [0.1, 0.15) is 35.6 Å². The largest absolute Gasteiger partial charge is 0.456 e. The molecule has 7 heteroatoms. The van der Waals surface area contributed by atoms with E-state index in [-0.39, 0.29) is 23.0 Å². The van der Waals surface area contributed by atoms with E-state index in [0.29, 0.717) is 38.2 Å². The molecule has 1 aromatic rings. The average Bonchev–Trinajstić information content (AvgIpc) is 2.68. The minimum absolute atomic E-state index is 0.0525. The highest BCUT2D eigenvalue weighted by Gasteiger charge is 2.46. The van der Waals surface area contributed by atoms with Gasteiger partial charge in [-0.05, 0) is 33.2 Å². The van der Waals surface area contributed by atoms with Gasteiger partial charge in [0.25, 0.3) is 5.91 Å². The van der Waals surface area contributed by atoms with Gasteiger partial charge in [0, 0.05) is 38.3 Å². The zero-order chi connectivity index (χ0) is 17.3. The van der Waals surface area contributed by atoms with Crippen molar-refractivity contribution in [3.05, 3.63) is 33.9 Å². The molecule has 2 fully saturated rings. The zero-order valence-electron chi connectivity index (χ0n) is 14.1. The van der Waals surface area contributed by atoms with Crippen molar-refractivity contribution in [2.45, 2.75) is 31.7 Å². The van der Waals surface area contributed by atoms with Crippen molar-refractivity contribution in [3.8, 4) is 0 Å². The van der Waals surface area contributed by atoms with Gasteiger partial charge < -0.3 is 14.6 Å². The number of nitrogens with zero attached hydrogens (tertiary/aromatic N) is 2. The van der Waals surface area contributed by atoms with Gasteiger partial charge in [-0.15, -0.1) is 0 Å². The normalized spacial score (nSPS) is 21.4. The fourth-order valence-electron chi connectivity index (χ4n) is 3.62. The van der Waals surface area contributed by atoms with Crippen LogP contribution in [0.5, 0.6) is 0 Å². The number of amides is 2. The third-order valence-electron chi connectivity index (χ3n) is 5.09. The fourth-order valence-corrected chi connectivity index (χ4v) is 3.62. The molecule has 1 spiro atoms. The van der Waals surface area contributed by atoms with Gasteiger partial charge in [0.15, 0.2) is 11.2 Å². The minimum atomic E-state index is -0.541. The molecule has 0 atom stereocenters. The van der Waals surface area contributed by atoms with Crippen LogP contribution in [0.4, 0.5) is 0 Å². The van der Waals surface area contributed by atoms with Gasteiger partial charge in [0.2, 0.25) is 5.91 Å². The Balaban J connectivity index is 1.75. The number of likely N-dealkylation sites (N-methyl/N-ethyl adjacent to an activating group) is 1. The first-order valence-electron chi connectivity index (χ1n) is 8.33. The lowest BCUT2D eigenvalue weighted by Gasteiger charge is -2.44. The summed E-state index contributed by atoms with van der Waals surface area (Å²) < 4.78 is 5.39. The minimum Gasteiger partial charge on any atom is -0.456 e. The Morgan fingerprint density at radius 2 is 1.92 bits per heavy atom. The summed E-state index contributed by atoms with van der Waals surface area (Å²) >= 11 is 0. The fraction of sp³-hybridized carbons (Fsp3) is 0.588. The summed E-state index contributed by atoms with van der Waals surface area (Å²) in [6, 6.07) is 2.58. The summed E-state index contributed by atoms with van der Waals surface area (Å²) in [6.45, 7) is 4.14. The molecule has 130 valence electrons. The molecule has 7 nitrogen and oxygen atoms in total. The molecule has 0 saturated carbocycles. The Labute approximate surface area is 140 Å².